The van der Waals surface area contributed by atoms with Crippen LogP contribution in [0.5, 0.6) is 11.5 Å². The highest BCUT2D eigenvalue weighted by molar-refractivity contribution is 7.99. The number of rotatable bonds is 5. The van der Waals surface area contributed by atoms with E-state index in [4.69, 9.17) is 15.2 Å². The van der Waals surface area contributed by atoms with Crippen LogP contribution in [0, 0.1) is 5.92 Å². The number of nitrogens with two attached hydrogens (primary N) is 1. The van der Waals surface area contributed by atoms with Crippen LogP contribution in [-0.4, -0.2) is 35.6 Å². The first-order valence-corrected chi connectivity index (χ1v) is 8.13. The van der Waals surface area contributed by atoms with Crippen LogP contribution in [0.4, 0.5) is 0 Å². The number of thioether (sulfide) groups is 1. The van der Waals surface area contributed by atoms with Crippen molar-refractivity contribution in [3.8, 4) is 11.5 Å². The fourth-order valence-corrected chi connectivity index (χ4v) is 3.51. The van der Waals surface area contributed by atoms with E-state index in [0.29, 0.717) is 19.0 Å². The maximum Gasteiger partial charge on any atom is 0.324 e. The van der Waals surface area contributed by atoms with Crippen LogP contribution in [0.25, 0.3) is 0 Å². The van der Waals surface area contributed by atoms with Gasteiger partial charge >= 0.3 is 5.97 Å². The van der Waals surface area contributed by atoms with E-state index in [2.05, 4.69) is 0 Å². The molecule has 3 rings (SSSR count). The lowest BCUT2D eigenvalue weighted by atomic mass is 9.98. The van der Waals surface area contributed by atoms with Gasteiger partial charge in [-0.25, -0.2) is 0 Å². The number of carboxylic acid groups (broad SMARTS) is 1. The maximum atomic E-state index is 11.4. The Morgan fingerprint density at radius 3 is 2.71 bits per heavy atom. The highest BCUT2D eigenvalue weighted by Gasteiger charge is 2.48. The molecule has 5 nitrogen and oxygen atoms in total. The molecule has 1 atom stereocenters. The van der Waals surface area contributed by atoms with Crippen LogP contribution in [0.15, 0.2) is 23.1 Å². The molecule has 1 aliphatic carbocycles. The average Bonchev–Trinajstić information content (AvgIpc) is 3.30. The number of hydrogen-bond acceptors (Lipinski definition) is 5. The van der Waals surface area contributed by atoms with Crippen molar-refractivity contribution in [1.82, 2.24) is 0 Å². The highest BCUT2D eigenvalue weighted by atomic mass is 32.2. The Morgan fingerprint density at radius 2 is 2.05 bits per heavy atom. The van der Waals surface area contributed by atoms with Crippen LogP contribution >= 0.6 is 11.8 Å². The van der Waals surface area contributed by atoms with Crippen molar-refractivity contribution < 1.29 is 19.4 Å². The van der Waals surface area contributed by atoms with Crippen molar-refractivity contribution >= 4 is 17.7 Å². The van der Waals surface area contributed by atoms with E-state index in [9.17, 15) is 9.90 Å². The molecule has 1 unspecified atom stereocenters. The van der Waals surface area contributed by atoms with E-state index in [1.54, 1.807) is 0 Å². The minimum atomic E-state index is -1.13. The number of carboxylic acids is 1. The van der Waals surface area contributed by atoms with Gasteiger partial charge < -0.3 is 20.3 Å². The lowest BCUT2D eigenvalue weighted by molar-refractivity contribution is -0.143. The molecule has 0 saturated heterocycles. The summed E-state index contributed by atoms with van der Waals surface area (Å²) in [5.74, 6) is 1.03. The average molecular weight is 309 g/mol. The standard InChI is InChI=1S/C15H19NO4S/c16-15(14(17)18,10-2-3-10)9-21-11-4-5-12-13(8-11)20-7-1-6-19-12/h4-5,8,10H,1-3,6-7,9,16H2,(H,17,18). The fraction of sp³-hybridized carbons (Fsp3) is 0.533. The Morgan fingerprint density at radius 1 is 1.33 bits per heavy atom. The number of fused-ring (bicyclic) bond motifs is 1. The van der Waals surface area contributed by atoms with Crippen LogP contribution in [0.1, 0.15) is 19.3 Å². The van der Waals surface area contributed by atoms with Gasteiger partial charge in [-0.1, -0.05) is 0 Å². The molecule has 3 N–H and O–H groups in total. The lowest BCUT2D eigenvalue weighted by Crippen LogP contribution is -2.52. The molecule has 1 aliphatic heterocycles. The minimum Gasteiger partial charge on any atom is -0.490 e. The normalized spacial score (nSPS) is 20.4. The number of benzene rings is 1. The number of ether oxygens (including phenoxy) is 2. The third-order valence-electron chi connectivity index (χ3n) is 3.90. The van der Waals surface area contributed by atoms with E-state index in [1.165, 1.54) is 11.8 Å². The van der Waals surface area contributed by atoms with Gasteiger partial charge in [0.05, 0.1) is 13.2 Å². The predicted molar refractivity (Wildman–Crippen MR) is 80.1 cm³/mol. The molecule has 0 radical (unpaired) electrons. The summed E-state index contributed by atoms with van der Waals surface area (Å²) >= 11 is 1.46. The van der Waals surface area contributed by atoms with Crippen molar-refractivity contribution in [1.29, 1.82) is 0 Å². The minimum absolute atomic E-state index is 0.0999. The van der Waals surface area contributed by atoms with E-state index < -0.39 is 11.5 Å². The monoisotopic (exact) mass is 309 g/mol. The zero-order valence-electron chi connectivity index (χ0n) is 11.7. The summed E-state index contributed by atoms with van der Waals surface area (Å²) in [7, 11) is 0. The summed E-state index contributed by atoms with van der Waals surface area (Å²) < 4.78 is 11.2. The second kappa shape index (κ2) is 5.77. The largest absolute Gasteiger partial charge is 0.490 e. The third kappa shape index (κ3) is 3.11. The quantitative estimate of drug-likeness (QED) is 0.811. The number of hydrogen-bond donors (Lipinski definition) is 2. The summed E-state index contributed by atoms with van der Waals surface area (Å²) in [6.45, 7) is 1.30. The van der Waals surface area contributed by atoms with Crippen molar-refractivity contribution in [3.63, 3.8) is 0 Å². The zero-order valence-corrected chi connectivity index (χ0v) is 12.5. The molecule has 1 aromatic rings. The molecular formula is C15H19NO4S. The van der Waals surface area contributed by atoms with Gasteiger partial charge in [0.25, 0.3) is 0 Å². The van der Waals surface area contributed by atoms with Crippen LogP contribution in [0.3, 0.4) is 0 Å². The third-order valence-corrected chi connectivity index (χ3v) is 5.11. The van der Waals surface area contributed by atoms with Gasteiger partial charge in [0.15, 0.2) is 11.5 Å². The van der Waals surface area contributed by atoms with E-state index in [0.717, 1.165) is 35.7 Å². The summed E-state index contributed by atoms with van der Waals surface area (Å²) in [5, 5.41) is 9.37. The van der Waals surface area contributed by atoms with E-state index in [1.807, 2.05) is 18.2 Å². The SMILES string of the molecule is NC(CSc1ccc2c(c1)OCCCO2)(C(=O)O)C1CC1. The molecule has 2 aliphatic rings. The molecule has 21 heavy (non-hydrogen) atoms. The van der Waals surface area contributed by atoms with Gasteiger partial charge in [-0.15, -0.1) is 11.8 Å². The van der Waals surface area contributed by atoms with Crippen LogP contribution in [0.2, 0.25) is 0 Å². The fourth-order valence-electron chi connectivity index (χ4n) is 2.39. The first kappa shape index (κ1) is 14.5. The van der Waals surface area contributed by atoms with Crippen LogP contribution < -0.4 is 15.2 Å². The van der Waals surface area contributed by atoms with Gasteiger partial charge in [0.1, 0.15) is 5.54 Å². The lowest BCUT2D eigenvalue weighted by Gasteiger charge is -2.24. The molecule has 1 aromatic carbocycles. The second-order valence-electron chi connectivity index (χ2n) is 5.57. The zero-order chi connectivity index (χ0) is 14.9. The van der Waals surface area contributed by atoms with Crippen molar-refractivity contribution in [2.75, 3.05) is 19.0 Å². The Bertz CT molecular complexity index is 546. The summed E-state index contributed by atoms with van der Waals surface area (Å²) in [6, 6.07) is 5.70. The summed E-state index contributed by atoms with van der Waals surface area (Å²) in [4.78, 5) is 12.4. The molecule has 0 spiro atoms. The molecule has 0 aromatic heterocycles. The van der Waals surface area contributed by atoms with Crippen LogP contribution in [-0.2, 0) is 4.79 Å². The van der Waals surface area contributed by atoms with E-state index in [-0.39, 0.29) is 5.92 Å². The molecule has 1 saturated carbocycles. The molecule has 1 fully saturated rings. The molecule has 1 heterocycles. The Hall–Kier alpha value is -1.40. The molecule has 0 bridgehead atoms. The van der Waals surface area contributed by atoms with E-state index >= 15 is 0 Å². The Balaban J connectivity index is 1.70. The topological polar surface area (TPSA) is 81.8 Å². The summed E-state index contributed by atoms with van der Waals surface area (Å²) in [5.41, 5.74) is 4.95. The number of carbonyl (C=O) groups is 1. The first-order chi connectivity index (χ1) is 10.1. The van der Waals surface area contributed by atoms with Gasteiger partial charge in [-0.2, -0.15) is 0 Å². The van der Waals surface area contributed by atoms with Gasteiger partial charge in [-0.3, -0.25) is 4.79 Å². The smallest absolute Gasteiger partial charge is 0.324 e. The van der Waals surface area contributed by atoms with Gasteiger partial charge in [0, 0.05) is 17.1 Å². The van der Waals surface area contributed by atoms with Gasteiger partial charge in [0.2, 0.25) is 0 Å². The van der Waals surface area contributed by atoms with Crippen molar-refractivity contribution in [3.05, 3.63) is 18.2 Å². The number of aliphatic carboxylic acids is 1. The maximum absolute atomic E-state index is 11.4. The Labute approximate surface area is 127 Å². The second-order valence-corrected chi connectivity index (χ2v) is 6.62. The molecule has 6 heteroatoms. The molecule has 114 valence electrons. The van der Waals surface area contributed by atoms with Crippen molar-refractivity contribution in [2.45, 2.75) is 29.7 Å². The summed E-state index contributed by atoms with van der Waals surface area (Å²) in [6.07, 6.45) is 2.68. The Kier molecular flexibility index (Phi) is 3.99. The molecular weight excluding hydrogens is 290 g/mol. The first-order valence-electron chi connectivity index (χ1n) is 7.14. The highest BCUT2D eigenvalue weighted by Crippen LogP contribution is 2.42. The molecule has 0 amide bonds. The van der Waals surface area contributed by atoms with Gasteiger partial charge in [-0.05, 0) is 37.0 Å². The predicted octanol–water partition coefficient (Wildman–Crippen LogP) is 2.13. The van der Waals surface area contributed by atoms with Crippen molar-refractivity contribution in [2.24, 2.45) is 11.7 Å².